The molecule has 0 aromatic heterocycles. The molecule has 3 aromatic carbocycles. The maximum Gasteiger partial charge on any atom is 0.416 e. The number of hydrogen-bond donors (Lipinski definition) is 0. The SMILES string of the molecule is O=C(OC(C#Cc1ccccc1)Cc1ccccc1)c1cc(C(F)(F)F)cc(C(F)(F)F)c1. The lowest BCUT2D eigenvalue weighted by Gasteiger charge is -2.16. The maximum atomic E-state index is 13.1. The molecule has 0 spiro atoms. The summed E-state index contributed by atoms with van der Waals surface area (Å²) in [7, 11) is 0. The summed E-state index contributed by atoms with van der Waals surface area (Å²) < 4.78 is 83.9. The van der Waals surface area contributed by atoms with E-state index < -0.39 is 41.1 Å². The number of halogens is 6. The van der Waals surface area contributed by atoms with E-state index in [1.54, 1.807) is 60.7 Å². The number of rotatable bonds is 4. The first-order chi connectivity index (χ1) is 15.5. The predicted molar refractivity (Wildman–Crippen MR) is 109 cm³/mol. The van der Waals surface area contributed by atoms with Crippen LogP contribution in [0.2, 0.25) is 0 Å². The Morgan fingerprint density at radius 2 is 1.30 bits per heavy atom. The van der Waals surface area contributed by atoms with Gasteiger partial charge in [0.25, 0.3) is 0 Å². The lowest BCUT2D eigenvalue weighted by Crippen LogP contribution is -2.21. The first-order valence-electron chi connectivity index (χ1n) is 9.63. The van der Waals surface area contributed by atoms with E-state index >= 15 is 0 Å². The number of hydrogen-bond acceptors (Lipinski definition) is 2. The monoisotopic (exact) mass is 462 g/mol. The molecule has 1 unspecified atom stereocenters. The summed E-state index contributed by atoms with van der Waals surface area (Å²) in [6, 6.07) is 18.0. The summed E-state index contributed by atoms with van der Waals surface area (Å²) in [4.78, 5) is 12.6. The molecule has 0 bridgehead atoms. The van der Waals surface area contributed by atoms with Crippen LogP contribution in [-0.4, -0.2) is 12.1 Å². The van der Waals surface area contributed by atoms with Gasteiger partial charge in [0.1, 0.15) is 0 Å². The van der Waals surface area contributed by atoms with E-state index in [4.69, 9.17) is 4.74 Å². The zero-order valence-electron chi connectivity index (χ0n) is 16.9. The molecule has 0 heterocycles. The number of esters is 1. The fourth-order valence-corrected chi connectivity index (χ4v) is 2.91. The van der Waals surface area contributed by atoms with Gasteiger partial charge in [0.15, 0.2) is 6.10 Å². The summed E-state index contributed by atoms with van der Waals surface area (Å²) in [5.41, 5.74) is -2.74. The second-order valence-corrected chi connectivity index (χ2v) is 7.01. The van der Waals surface area contributed by atoms with Crippen LogP contribution >= 0.6 is 0 Å². The second-order valence-electron chi connectivity index (χ2n) is 7.01. The molecule has 0 fully saturated rings. The van der Waals surface area contributed by atoms with Gasteiger partial charge in [-0.05, 0) is 35.9 Å². The summed E-state index contributed by atoms with van der Waals surface area (Å²) >= 11 is 0. The molecule has 0 radical (unpaired) electrons. The van der Waals surface area contributed by atoms with Gasteiger partial charge in [-0.1, -0.05) is 60.4 Å². The number of carbonyl (C=O) groups excluding carboxylic acids is 1. The third kappa shape index (κ3) is 6.88. The molecule has 0 aliphatic heterocycles. The fraction of sp³-hybridized carbons (Fsp3) is 0.160. The fourth-order valence-electron chi connectivity index (χ4n) is 2.91. The van der Waals surface area contributed by atoms with Crippen molar-refractivity contribution in [2.75, 3.05) is 0 Å². The van der Waals surface area contributed by atoms with Crippen LogP contribution in [0.5, 0.6) is 0 Å². The van der Waals surface area contributed by atoms with Crippen molar-refractivity contribution >= 4 is 5.97 Å². The Balaban J connectivity index is 1.93. The van der Waals surface area contributed by atoms with Crippen molar-refractivity contribution in [3.63, 3.8) is 0 Å². The van der Waals surface area contributed by atoms with E-state index in [2.05, 4.69) is 11.8 Å². The number of benzene rings is 3. The van der Waals surface area contributed by atoms with E-state index in [1.165, 1.54) is 0 Å². The highest BCUT2D eigenvalue weighted by molar-refractivity contribution is 5.90. The van der Waals surface area contributed by atoms with Crippen LogP contribution in [0.3, 0.4) is 0 Å². The summed E-state index contributed by atoms with van der Waals surface area (Å²) in [5, 5.41) is 0. The lowest BCUT2D eigenvalue weighted by atomic mass is 10.0. The van der Waals surface area contributed by atoms with Gasteiger partial charge >= 0.3 is 18.3 Å². The first-order valence-corrected chi connectivity index (χ1v) is 9.63. The van der Waals surface area contributed by atoms with Gasteiger partial charge < -0.3 is 4.74 Å². The highest BCUT2D eigenvalue weighted by Crippen LogP contribution is 2.36. The Bertz CT molecular complexity index is 1120. The van der Waals surface area contributed by atoms with Crippen LogP contribution in [0.15, 0.2) is 78.9 Å². The normalized spacial score (nSPS) is 12.4. The van der Waals surface area contributed by atoms with E-state index in [9.17, 15) is 31.1 Å². The Morgan fingerprint density at radius 3 is 1.82 bits per heavy atom. The Labute approximate surface area is 185 Å². The quantitative estimate of drug-likeness (QED) is 0.250. The molecule has 8 heteroatoms. The van der Waals surface area contributed by atoms with Crippen LogP contribution in [-0.2, 0) is 23.5 Å². The summed E-state index contributed by atoms with van der Waals surface area (Å²) in [6.07, 6.45) is -11.2. The van der Waals surface area contributed by atoms with Gasteiger partial charge in [-0.15, -0.1) is 0 Å². The molecular weight excluding hydrogens is 446 g/mol. The van der Waals surface area contributed by atoms with Gasteiger partial charge in [0, 0.05) is 12.0 Å². The smallest absolute Gasteiger partial charge is 0.416 e. The molecule has 33 heavy (non-hydrogen) atoms. The van der Waals surface area contributed by atoms with Crippen LogP contribution in [0.25, 0.3) is 0 Å². The third-order valence-corrected chi connectivity index (χ3v) is 4.49. The van der Waals surface area contributed by atoms with Crippen LogP contribution < -0.4 is 0 Å². The zero-order valence-corrected chi connectivity index (χ0v) is 16.9. The van der Waals surface area contributed by atoms with Gasteiger partial charge in [0.2, 0.25) is 0 Å². The minimum atomic E-state index is -5.08. The lowest BCUT2D eigenvalue weighted by molar-refractivity contribution is -0.143. The Hall–Kier alpha value is -3.73. The van der Waals surface area contributed by atoms with Crippen molar-refractivity contribution in [2.45, 2.75) is 24.9 Å². The minimum absolute atomic E-state index is 0.0482. The van der Waals surface area contributed by atoms with Crippen LogP contribution in [0, 0.1) is 11.8 Å². The zero-order chi connectivity index (χ0) is 24.1. The van der Waals surface area contributed by atoms with Gasteiger partial charge in [-0.3, -0.25) is 0 Å². The number of alkyl halides is 6. The second kappa shape index (κ2) is 9.82. The minimum Gasteiger partial charge on any atom is -0.445 e. The molecule has 0 amide bonds. The topological polar surface area (TPSA) is 26.3 Å². The molecule has 0 saturated carbocycles. The third-order valence-electron chi connectivity index (χ3n) is 4.49. The molecule has 0 aliphatic carbocycles. The van der Waals surface area contributed by atoms with Crippen molar-refractivity contribution in [2.24, 2.45) is 0 Å². The van der Waals surface area contributed by atoms with Gasteiger partial charge in [-0.2, -0.15) is 26.3 Å². The predicted octanol–water partition coefficient (Wildman–Crippen LogP) is 6.54. The molecule has 0 saturated heterocycles. The molecule has 170 valence electrons. The molecular formula is C25H16F6O2. The van der Waals surface area contributed by atoms with Crippen molar-refractivity contribution in [3.05, 3.63) is 107 Å². The summed E-state index contributed by atoms with van der Waals surface area (Å²) in [6.45, 7) is 0. The Morgan fingerprint density at radius 1 is 0.788 bits per heavy atom. The van der Waals surface area contributed by atoms with Crippen molar-refractivity contribution in [1.82, 2.24) is 0 Å². The number of ether oxygens (including phenoxy) is 1. The average molecular weight is 462 g/mol. The number of carbonyl (C=O) groups is 1. The molecule has 0 N–H and O–H groups in total. The first kappa shape index (κ1) is 23.9. The van der Waals surface area contributed by atoms with Crippen molar-refractivity contribution < 1.29 is 35.9 Å². The highest BCUT2D eigenvalue weighted by Gasteiger charge is 2.37. The highest BCUT2D eigenvalue weighted by atomic mass is 19.4. The Kier molecular flexibility index (Phi) is 7.12. The van der Waals surface area contributed by atoms with E-state index in [-0.39, 0.29) is 12.5 Å². The van der Waals surface area contributed by atoms with Crippen molar-refractivity contribution in [3.8, 4) is 11.8 Å². The maximum absolute atomic E-state index is 13.1. The standard InChI is InChI=1S/C25H16F6O2/c26-24(27,28)20-14-19(15-21(16-20)25(29,30)31)23(32)33-22(13-18-9-5-2-6-10-18)12-11-17-7-3-1-4-8-17/h1-10,14-16,22H,13H2. The largest absolute Gasteiger partial charge is 0.445 e. The van der Waals surface area contributed by atoms with Gasteiger partial charge in [-0.25, -0.2) is 4.79 Å². The molecule has 0 aliphatic rings. The van der Waals surface area contributed by atoms with E-state index in [0.717, 1.165) is 5.56 Å². The molecule has 3 aromatic rings. The van der Waals surface area contributed by atoms with Crippen LogP contribution in [0.4, 0.5) is 26.3 Å². The van der Waals surface area contributed by atoms with Gasteiger partial charge in [0.05, 0.1) is 16.7 Å². The van der Waals surface area contributed by atoms with Crippen LogP contribution in [0.1, 0.15) is 32.6 Å². The average Bonchev–Trinajstić information content (AvgIpc) is 2.77. The molecule has 1 atom stereocenters. The summed E-state index contributed by atoms with van der Waals surface area (Å²) in [5.74, 6) is 4.21. The van der Waals surface area contributed by atoms with E-state index in [0.29, 0.717) is 17.7 Å². The molecule has 3 rings (SSSR count). The molecule has 2 nitrogen and oxygen atoms in total. The van der Waals surface area contributed by atoms with Crippen molar-refractivity contribution in [1.29, 1.82) is 0 Å². The van der Waals surface area contributed by atoms with E-state index in [1.807, 2.05) is 0 Å².